The molecule has 2 aromatic heterocycles. The highest BCUT2D eigenvalue weighted by molar-refractivity contribution is 8.01. The third kappa shape index (κ3) is 4.43. The van der Waals surface area contributed by atoms with Gasteiger partial charge in [-0.2, -0.15) is 0 Å². The Labute approximate surface area is 193 Å². The molecule has 0 bridgehead atoms. The average Bonchev–Trinajstić information content (AvgIpc) is 3.55. The molecule has 8 heteroatoms. The first kappa shape index (κ1) is 20.8. The van der Waals surface area contributed by atoms with E-state index in [1.807, 2.05) is 65.2 Å². The molecule has 4 heterocycles. The van der Waals surface area contributed by atoms with Crippen molar-refractivity contribution in [2.24, 2.45) is 0 Å². The third-order valence-corrected chi connectivity index (χ3v) is 9.48. The van der Waals surface area contributed by atoms with Gasteiger partial charge in [0.1, 0.15) is 0 Å². The van der Waals surface area contributed by atoms with E-state index in [0.29, 0.717) is 13.1 Å². The van der Waals surface area contributed by atoms with Crippen molar-refractivity contribution in [1.29, 1.82) is 0 Å². The van der Waals surface area contributed by atoms with Crippen LogP contribution in [0, 0.1) is 0 Å². The first-order valence-corrected chi connectivity index (χ1v) is 13.0. The van der Waals surface area contributed by atoms with Crippen molar-refractivity contribution < 1.29 is 9.59 Å². The van der Waals surface area contributed by atoms with Crippen molar-refractivity contribution in [1.82, 2.24) is 10.2 Å². The maximum atomic E-state index is 13.0. The molecule has 2 N–H and O–H groups in total. The molecule has 0 unspecified atom stereocenters. The molecule has 2 aliphatic heterocycles. The van der Waals surface area contributed by atoms with Crippen LogP contribution in [0.4, 0.5) is 5.69 Å². The number of amides is 2. The van der Waals surface area contributed by atoms with Gasteiger partial charge in [-0.15, -0.1) is 34.4 Å². The first-order chi connectivity index (χ1) is 15.1. The number of hydrogen-bond acceptors (Lipinski definition) is 6. The summed E-state index contributed by atoms with van der Waals surface area (Å²) < 4.78 is 0. The van der Waals surface area contributed by atoms with Crippen LogP contribution in [0.25, 0.3) is 9.75 Å². The summed E-state index contributed by atoms with van der Waals surface area (Å²) in [5, 5.41) is 8.61. The van der Waals surface area contributed by atoms with Crippen molar-refractivity contribution in [3.63, 3.8) is 0 Å². The van der Waals surface area contributed by atoms with E-state index in [0.717, 1.165) is 34.0 Å². The summed E-state index contributed by atoms with van der Waals surface area (Å²) in [7, 11) is 0. The minimum atomic E-state index is -0.210. The fraction of sp³-hybridized carbons (Fsp3) is 0.304. The minimum absolute atomic E-state index is 0.00812. The number of nitrogens with one attached hydrogen (secondary N) is 2. The molecule has 1 aromatic carbocycles. The second-order valence-electron chi connectivity index (χ2n) is 7.79. The van der Waals surface area contributed by atoms with E-state index in [-0.39, 0.29) is 22.7 Å². The van der Waals surface area contributed by atoms with Crippen LogP contribution in [0.3, 0.4) is 0 Å². The van der Waals surface area contributed by atoms with Crippen LogP contribution in [0.5, 0.6) is 0 Å². The van der Waals surface area contributed by atoms with Crippen LogP contribution in [0.15, 0.2) is 60.0 Å². The van der Waals surface area contributed by atoms with E-state index >= 15 is 0 Å². The number of likely N-dealkylation sites (tertiary alicyclic amines) is 1. The molecular weight excluding hydrogens is 446 g/mol. The lowest BCUT2D eigenvalue weighted by Crippen LogP contribution is -2.53. The van der Waals surface area contributed by atoms with E-state index < -0.39 is 0 Å². The number of anilines is 1. The normalized spacial score (nSPS) is 20.1. The Morgan fingerprint density at radius 3 is 2.55 bits per heavy atom. The van der Waals surface area contributed by atoms with Gasteiger partial charge in [-0.3, -0.25) is 14.9 Å². The predicted molar refractivity (Wildman–Crippen MR) is 130 cm³/mol. The molecule has 2 amide bonds. The van der Waals surface area contributed by atoms with Crippen LogP contribution in [-0.4, -0.2) is 46.5 Å². The highest BCUT2D eigenvalue weighted by Gasteiger charge is 2.44. The number of hydrogen-bond donors (Lipinski definition) is 2. The van der Waals surface area contributed by atoms with Crippen LogP contribution in [-0.2, 0) is 4.79 Å². The number of para-hydroxylation sites is 1. The van der Waals surface area contributed by atoms with Crippen molar-refractivity contribution in [2.75, 3.05) is 24.2 Å². The molecule has 3 aromatic rings. The summed E-state index contributed by atoms with van der Waals surface area (Å²) in [5.74, 6) is 0.875. The molecule has 5 nitrogen and oxygen atoms in total. The standard InChI is InChI=1S/C23H23N3O2S3/c27-21(24-16-5-2-1-3-6-16)17-15-30-23(25-17)10-12-26(13-11-23)22(28)20-9-8-19(31-20)18-7-4-14-29-18/h1-9,14,17,25H,10-13,15H2,(H,24,27)/t17-/m0/s1. The molecule has 0 saturated carbocycles. The van der Waals surface area contributed by atoms with Gasteiger partial charge in [-0.1, -0.05) is 24.3 Å². The van der Waals surface area contributed by atoms with Crippen molar-refractivity contribution in [2.45, 2.75) is 23.8 Å². The van der Waals surface area contributed by atoms with Gasteiger partial charge < -0.3 is 10.2 Å². The first-order valence-electron chi connectivity index (χ1n) is 10.3. The van der Waals surface area contributed by atoms with Crippen molar-refractivity contribution in [3.05, 3.63) is 64.9 Å². The van der Waals surface area contributed by atoms with Gasteiger partial charge in [-0.25, -0.2) is 0 Å². The summed E-state index contributed by atoms with van der Waals surface area (Å²) in [6, 6.07) is 17.4. The molecule has 0 aliphatic carbocycles. The minimum Gasteiger partial charge on any atom is -0.338 e. The average molecular weight is 470 g/mol. The van der Waals surface area contributed by atoms with E-state index in [4.69, 9.17) is 0 Å². The van der Waals surface area contributed by atoms with Crippen molar-refractivity contribution >= 4 is 51.9 Å². The fourth-order valence-corrected chi connectivity index (χ4v) is 7.28. The predicted octanol–water partition coefficient (Wildman–Crippen LogP) is 4.75. The zero-order chi connectivity index (χ0) is 21.3. The Balaban J connectivity index is 1.17. The van der Waals surface area contributed by atoms with Gasteiger partial charge in [0, 0.05) is 34.3 Å². The highest BCUT2D eigenvalue weighted by atomic mass is 32.2. The molecule has 2 saturated heterocycles. The number of carbonyl (C=O) groups excluding carboxylic acids is 2. The van der Waals surface area contributed by atoms with Gasteiger partial charge in [-0.05, 0) is 48.6 Å². The van der Waals surface area contributed by atoms with E-state index in [9.17, 15) is 9.59 Å². The summed E-state index contributed by atoms with van der Waals surface area (Å²) in [5.41, 5.74) is 0.818. The number of nitrogens with zero attached hydrogens (tertiary/aromatic N) is 1. The highest BCUT2D eigenvalue weighted by Crippen LogP contribution is 2.40. The molecule has 160 valence electrons. The van der Waals surface area contributed by atoms with Gasteiger partial charge in [0.15, 0.2) is 0 Å². The molecule has 2 fully saturated rings. The Kier molecular flexibility index (Phi) is 5.88. The Bertz CT molecular complexity index is 1060. The SMILES string of the molecule is O=C(Nc1ccccc1)[C@@H]1CSC2(CCN(C(=O)c3ccc(-c4cccs4)s3)CC2)N1. The van der Waals surface area contributed by atoms with Gasteiger partial charge in [0.05, 0.1) is 15.8 Å². The summed E-state index contributed by atoms with van der Waals surface area (Å²) >= 11 is 5.08. The van der Waals surface area contributed by atoms with E-state index in [2.05, 4.69) is 22.1 Å². The molecule has 2 aliphatic rings. The molecule has 5 rings (SSSR count). The lowest BCUT2D eigenvalue weighted by molar-refractivity contribution is -0.117. The molecule has 1 atom stereocenters. The Morgan fingerprint density at radius 1 is 1.00 bits per heavy atom. The summed E-state index contributed by atoms with van der Waals surface area (Å²) in [4.78, 5) is 30.6. The lowest BCUT2D eigenvalue weighted by atomic mass is 10.0. The van der Waals surface area contributed by atoms with Gasteiger partial charge >= 0.3 is 0 Å². The smallest absolute Gasteiger partial charge is 0.263 e. The molecule has 0 radical (unpaired) electrons. The van der Waals surface area contributed by atoms with Crippen LogP contribution in [0.1, 0.15) is 22.5 Å². The van der Waals surface area contributed by atoms with Crippen LogP contribution >= 0.6 is 34.4 Å². The monoisotopic (exact) mass is 469 g/mol. The summed E-state index contributed by atoms with van der Waals surface area (Å²) in [6.07, 6.45) is 1.70. The van der Waals surface area contributed by atoms with Crippen LogP contribution in [0.2, 0.25) is 0 Å². The van der Waals surface area contributed by atoms with Gasteiger partial charge in [0.2, 0.25) is 5.91 Å². The number of carbonyl (C=O) groups is 2. The largest absolute Gasteiger partial charge is 0.338 e. The number of piperidine rings is 1. The number of benzene rings is 1. The number of rotatable bonds is 4. The molecular formula is C23H23N3O2S3. The summed E-state index contributed by atoms with van der Waals surface area (Å²) in [6.45, 7) is 1.41. The quantitative estimate of drug-likeness (QED) is 0.579. The second-order valence-corrected chi connectivity index (χ2v) is 11.2. The third-order valence-electron chi connectivity index (χ3n) is 5.76. The lowest BCUT2D eigenvalue weighted by Gasteiger charge is -2.39. The van der Waals surface area contributed by atoms with Crippen LogP contribution < -0.4 is 10.6 Å². The second kappa shape index (κ2) is 8.78. The zero-order valence-electron chi connectivity index (χ0n) is 16.9. The maximum absolute atomic E-state index is 13.0. The van der Waals surface area contributed by atoms with E-state index in [1.165, 1.54) is 4.88 Å². The van der Waals surface area contributed by atoms with E-state index in [1.54, 1.807) is 22.7 Å². The van der Waals surface area contributed by atoms with Gasteiger partial charge in [0.25, 0.3) is 5.91 Å². The number of thioether (sulfide) groups is 1. The fourth-order valence-electron chi connectivity index (χ4n) is 4.06. The number of thiophene rings is 2. The maximum Gasteiger partial charge on any atom is 0.263 e. The van der Waals surface area contributed by atoms with Crippen molar-refractivity contribution in [3.8, 4) is 9.75 Å². The zero-order valence-corrected chi connectivity index (χ0v) is 19.3. The topological polar surface area (TPSA) is 61.4 Å². The molecule has 31 heavy (non-hydrogen) atoms. The molecule has 1 spiro atoms. The Hall–Kier alpha value is -2.13. The Morgan fingerprint density at radius 2 is 1.81 bits per heavy atom.